The highest BCUT2D eigenvalue weighted by Gasteiger charge is 2.21. The second kappa shape index (κ2) is 7.30. The minimum atomic E-state index is -0.743. The Morgan fingerprint density at radius 2 is 2.00 bits per heavy atom. The molecule has 7 heteroatoms. The van der Waals surface area contributed by atoms with Gasteiger partial charge in [-0.2, -0.15) is 10.5 Å². The average Bonchev–Trinajstić information content (AvgIpc) is 2.55. The molecule has 6 nitrogen and oxygen atoms in total. The summed E-state index contributed by atoms with van der Waals surface area (Å²) in [5.74, 6) is -0.484. The number of nitrogens with two attached hydrogens (primary N) is 1. The molecule has 0 amide bonds. The number of nitrogens with one attached hydrogen (secondary N) is 1. The van der Waals surface area contributed by atoms with Gasteiger partial charge in [0.15, 0.2) is 0 Å². The van der Waals surface area contributed by atoms with Gasteiger partial charge in [0.05, 0.1) is 6.61 Å². The molecule has 122 valence electrons. The van der Waals surface area contributed by atoms with E-state index in [1.54, 1.807) is 6.07 Å². The fourth-order valence-corrected chi connectivity index (χ4v) is 2.26. The number of ether oxygens (including phenoxy) is 1. The van der Waals surface area contributed by atoms with Gasteiger partial charge in [0, 0.05) is 11.1 Å². The standard InChI is InChI=1S/C17H15FN4O2/c1-2-3-6-24-14-5-4-10(18)7-11(14)15-12(8-19)16(21)22-17(23)13(15)9-20/h4-5,7H,2-3,6H2,1H3,(H3,21,22,23). The minimum absolute atomic E-state index is 0.0211. The molecule has 2 aromatic rings. The topological polar surface area (TPSA) is 116 Å². The number of H-pyrrole nitrogens is 1. The van der Waals surface area contributed by atoms with Gasteiger partial charge < -0.3 is 15.5 Å². The number of aromatic amines is 1. The first-order valence-corrected chi connectivity index (χ1v) is 7.32. The number of unbranched alkanes of at least 4 members (excludes halogenated alkanes) is 1. The Kier molecular flexibility index (Phi) is 5.18. The van der Waals surface area contributed by atoms with Crippen LogP contribution in [0.25, 0.3) is 11.1 Å². The number of hydrogen-bond donors (Lipinski definition) is 2. The van der Waals surface area contributed by atoms with E-state index in [1.807, 2.05) is 13.0 Å². The van der Waals surface area contributed by atoms with Gasteiger partial charge in [0.1, 0.15) is 40.6 Å². The van der Waals surface area contributed by atoms with E-state index in [4.69, 9.17) is 10.5 Å². The molecule has 0 spiro atoms. The summed E-state index contributed by atoms with van der Waals surface area (Å²) in [6.45, 7) is 2.38. The van der Waals surface area contributed by atoms with E-state index in [1.165, 1.54) is 12.1 Å². The van der Waals surface area contributed by atoms with Crippen molar-refractivity contribution < 1.29 is 9.13 Å². The molecule has 0 radical (unpaired) electrons. The summed E-state index contributed by atoms with van der Waals surface area (Å²) in [6, 6.07) is 7.34. The maximum Gasteiger partial charge on any atom is 0.268 e. The molecule has 0 aliphatic carbocycles. The number of nitrogens with zero attached hydrogens (tertiary/aromatic N) is 2. The predicted octanol–water partition coefficient (Wildman–Crippen LogP) is 2.69. The van der Waals surface area contributed by atoms with Crippen LogP contribution in [0, 0.1) is 28.5 Å². The van der Waals surface area contributed by atoms with Gasteiger partial charge in [-0.1, -0.05) is 13.3 Å². The lowest BCUT2D eigenvalue weighted by Gasteiger charge is -2.14. The number of nitrogen functional groups attached to an aromatic ring is 1. The normalized spacial score (nSPS) is 10.0. The van der Waals surface area contributed by atoms with Gasteiger partial charge in [-0.15, -0.1) is 0 Å². The van der Waals surface area contributed by atoms with Crippen LogP contribution in [0.5, 0.6) is 5.75 Å². The Balaban J connectivity index is 2.77. The highest BCUT2D eigenvalue weighted by molar-refractivity contribution is 5.83. The SMILES string of the molecule is CCCCOc1ccc(F)cc1-c1c(C#N)c(N)[nH]c(=O)c1C#N. The third-order valence-electron chi connectivity index (χ3n) is 3.43. The van der Waals surface area contributed by atoms with Crippen molar-refractivity contribution in [2.24, 2.45) is 0 Å². The Morgan fingerprint density at radius 3 is 2.62 bits per heavy atom. The molecule has 0 unspecified atom stereocenters. The van der Waals surface area contributed by atoms with Gasteiger partial charge in [-0.05, 0) is 24.6 Å². The lowest BCUT2D eigenvalue weighted by Crippen LogP contribution is -2.16. The largest absolute Gasteiger partial charge is 0.493 e. The fourth-order valence-electron chi connectivity index (χ4n) is 2.26. The molecular formula is C17H15FN4O2. The molecule has 2 rings (SSSR count). The van der Waals surface area contributed by atoms with Crippen molar-refractivity contribution in [1.82, 2.24) is 4.98 Å². The van der Waals surface area contributed by atoms with Crippen LogP contribution in [-0.2, 0) is 0 Å². The second-order valence-electron chi connectivity index (χ2n) is 5.06. The summed E-state index contributed by atoms with van der Waals surface area (Å²) in [5.41, 5.74) is 4.65. The molecule has 1 aromatic heterocycles. The van der Waals surface area contributed by atoms with Crippen LogP contribution in [0.15, 0.2) is 23.0 Å². The first-order valence-electron chi connectivity index (χ1n) is 7.32. The number of halogens is 1. The zero-order valence-corrected chi connectivity index (χ0v) is 13.0. The summed E-state index contributed by atoms with van der Waals surface area (Å²) < 4.78 is 19.4. The molecule has 0 bridgehead atoms. The fraction of sp³-hybridized carbons (Fsp3) is 0.235. The Labute approximate surface area is 137 Å². The number of pyridine rings is 1. The van der Waals surface area contributed by atoms with Gasteiger partial charge in [-0.25, -0.2) is 4.39 Å². The highest BCUT2D eigenvalue weighted by atomic mass is 19.1. The third-order valence-corrected chi connectivity index (χ3v) is 3.43. The lowest BCUT2D eigenvalue weighted by atomic mass is 9.95. The van der Waals surface area contributed by atoms with E-state index in [0.717, 1.165) is 18.9 Å². The Bertz CT molecular complexity index is 907. The maximum absolute atomic E-state index is 13.8. The van der Waals surface area contributed by atoms with E-state index in [0.29, 0.717) is 6.61 Å². The molecule has 0 aliphatic rings. The van der Waals surface area contributed by atoms with Gasteiger partial charge in [0.25, 0.3) is 5.56 Å². The van der Waals surface area contributed by atoms with Crippen molar-refractivity contribution in [2.75, 3.05) is 12.3 Å². The summed E-state index contributed by atoms with van der Waals surface area (Å²) in [4.78, 5) is 14.2. The van der Waals surface area contributed by atoms with Gasteiger partial charge >= 0.3 is 0 Å². The number of anilines is 1. The molecule has 0 saturated carbocycles. The second-order valence-corrected chi connectivity index (χ2v) is 5.06. The number of nitriles is 2. The predicted molar refractivity (Wildman–Crippen MR) is 86.7 cm³/mol. The van der Waals surface area contributed by atoms with Crippen molar-refractivity contribution in [3.8, 4) is 29.0 Å². The first kappa shape index (κ1) is 17.0. The molecule has 0 aliphatic heterocycles. The summed E-state index contributed by atoms with van der Waals surface area (Å²) in [5, 5.41) is 18.6. The van der Waals surface area contributed by atoms with E-state index in [2.05, 4.69) is 4.98 Å². The van der Waals surface area contributed by atoms with Crippen LogP contribution in [-0.4, -0.2) is 11.6 Å². The van der Waals surface area contributed by atoms with Crippen molar-refractivity contribution in [3.63, 3.8) is 0 Å². The Hall–Kier alpha value is -3.32. The number of hydrogen-bond acceptors (Lipinski definition) is 5. The van der Waals surface area contributed by atoms with E-state index < -0.39 is 11.4 Å². The lowest BCUT2D eigenvalue weighted by molar-refractivity contribution is 0.310. The highest BCUT2D eigenvalue weighted by Crippen LogP contribution is 2.35. The summed E-state index contributed by atoms with van der Waals surface area (Å²) in [7, 11) is 0. The van der Waals surface area contributed by atoms with Crippen molar-refractivity contribution >= 4 is 5.82 Å². The van der Waals surface area contributed by atoms with E-state index in [9.17, 15) is 19.7 Å². The quantitative estimate of drug-likeness (QED) is 0.819. The smallest absolute Gasteiger partial charge is 0.268 e. The zero-order chi connectivity index (χ0) is 17.7. The molecule has 3 N–H and O–H groups in total. The van der Waals surface area contributed by atoms with E-state index in [-0.39, 0.29) is 33.8 Å². The average molecular weight is 326 g/mol. The molecule has 0 saturated heterocycles. The van der Waals surface area contributed by atoms with Crippen molar-refractivity contribution in [3.05, 3.63) is 45.5 Å². The Morgan fingerprint density at radius 1 is 1.29 bits per heavy atom. The van der Waals surface area contributed by atoms with Gasteiger partial charge in [0.2, 0.25) is 0 Å². The first-order chi connectivity index (χ1) is 11.5. The van der Waals surface area contributed by atoms with Crippen LogP contribution in [0.3, 0.4) is 0 Å². The summed E-state index contributed by atoms with van der Waals surface area (Å²) in [6.07, 6.45) is 1.69. The van der Waals surface area contributed by atoms with Gasteiger partial charge in [-0.3, -0.25) is 4.79 Å². The van der Waals surface area contributed by atoms with E-state index >= 15 is 0 Å². The van der Waals surface area contributed by atoms with Crippen LogP contribution in [0.2, 0.25) is 0 Å². The van der Waals surface area contributed by atoms with Crippen molar-refractivity contribution in [1.29, 1.82) is 10.5 Å². The third kappa shape index (κ3) is 3.21. The van der Waals surface area contributed by atoms with Crippen LogP contribution >= 0.6 is 0 Å². The maximum atomic E-state index is 13.8. The molecule has 1 heterocycles. The van der Waals surface area contributed by atoms with Crippen LogP contribution in [0.1, 0.15) is 30.9 Å². The van der Waals surface area contributed by atoms with Crippen molar-refractivity contribution in [2.45, 2.75) is 19.8 Å². The molecule has 1 aromatic carbocycles. The number of rotatable bonds is 5. The zero-order valence-electron chi connectivity index (χ0n) is 13.0. The number of benzene rings is 1. The monoisotopic (exact) mass is 326 g/mol. The molecular weight excluding hydrogens is 311 g/mol. The minimum Gasteiger partial charge on any atom is -0.493 e. The van der Waals surface area contributed by atoms with Crippen LogP contribution < -0.4 is 16.0 Å². The molecule has 0 atom stereocenters. The van der Waals surface area contributed by atoms with Crippen LogP contribution in [0.4, 0.5) is 10.2 Å². The molecule has 0 fully saturated rings. The molecule has 24 heavy (non-hydrogen) atoms. The summed E-state index contributed by atoms with van der Waals surface area (Å²) >= 11 is 0. The number of aromatic nitrogens is 1.